The third-order valence-electron chi connectivity index (χ3n) is 3.77. The summed E-state index contributed by atoms with van der Waals surface area (Å²) in [4.78, 5) is 16.1. The number of amides is 1. The van der Waals surface area contributed by atoms with E-state index in [1.165, 1.54) is 5.56 Å². The Morgan fingerprint density at radius 2 is 1.91 bits per heavy atom. The van der Waals surface area contributed by atoms with Crippen molar-refractivity contribution in [3.63, 3.8) is 0 Å². The van der Waals surface area contributed by atoms with E-state index >= 15 is 0 Å². The van der Waals surface area contributed by atoms with Crippen molar-refractivity contribution >= 4 is 5.91 Å². The molecule has 22 heavy (non-hydrogen) atoms. The Balaban J connectivity index is 1.77. The Hall–Kier alpha value is -2.01. The van der Waals surface area contributed by atoms with Gasteiger partial charge in [0, 0.05) is 18.9 Å². The van der Waals surface area contributed by atoms with Crippen LogP contribution in [-0.4, -0.2) is 46.7 Å². The lowest BCUT2D eigenvalue weighted by Crippen LogP contribution is -2.45. The van der Waals surface area contributed by atoms with Crippen molar-refractivity contribution < 1.29 is 9.90 Å². The van der Waals surface area contributed by atoms with Gasteiger partial charge in [0.1, 0.15) is 0 Å². The smallest absolute Gasteiger partial charge is 0.239 e. The van der Waals surface area contributed by atoms with Crippen molar-refractivity contribution in [2.75, 3.05) is 19.8 Å². The van der Waals surface area contributed by atoms with E-state index in [1.54, 1.807) is 0 Å². The van der Waals surface area contributed by atoms with Gasteiger partial charge >= 0.3 is 0 Å². The number of carbonyl (C=O) groups is 1. The highest BCUT2D eigenvalue weighted by Gasteiger charge is 2.19. The van der Waals surface area contributed by atoms with Crippen molar-refractivity contribution in [2.45, 2.75) is 26.4 Å². The van der Waals surface area contributed by atoms with Crippen molar-refractivity contribution in [3.8, 4) is 0 Å². The maximum atomic E-state index is 12.0. The molecule has 0 aromatic heterocycles. The van der Waals surface area contributed by atoms with Crippen LogP contribution in [0.5, 0.6) is 0 Å². The predicted octanol–water partition coefficient (Wildman–Crippen LogP) is 1.37. The van der Waals surface area contributed by atoms with Crippen LogP contribution >= 0.6 is 0 Å². The fourth-order valence-corrected chi connectivity index (χ4v) is 2.40. The largest absolute Gasteiger partial charge is 0.394 e. The number of aliphatic hydroxyl groups excluding tert-OH is 1. The van der Waals surface area contributed by atoms with Crippen molar-refractivity contribution in [1.29, 1.82) is 0 Å². The molecule has 1 aliphatic heterocycles. The van der Waals surface area contributed by atoms with E-state index in [0.29, 0.717) is 13.2 Å². The third kappa shape index (κ3) is 4.77. The van der Waals surface area contributed by atoms with Gasteiger partial charge in [-0.2, -0.15) is 0 Å². The maximum Gasteiger partial charge on any atom is 0.239 e. The summed E-state index contributed by atoms with van der Waals surface area (Å²) in [6.07, 6.45) is 3.94. The maximum absolute atomic E-state index is 12.0. The summed E-state index contributed by atoms with van der Waals surface area (Å²) in [5.41, 5.74) is 1.25. The molecule has 120 valence electrons. The summed E-state index contributed by atoms with van der Waals surface area (Å²) >= 11 is 0. The minimum atomic E-state index is -0.181. The summed E-state index contributed by atoms with van der Waals surface area (Å²) in [7, 11) is 0. The molecule has 0 unspecified atom stereocenters. The molecule has 1 amide bonds. The van der Waals surface area contributed by atoms with Gasteiger partial charge in [0.25, 0.3) is 0 Å². The van der Waals surface area contributed by atoms with Gasteiger partial charge in [-0.15, -0.1) is 0 Å². The minimum Gasteiger partial charge on any atom is -0.394 e. The van der Waals surface area contributed by atoms with Crippen LogP contribution < -0.4 is 5.32 Å². The van der Waals surface area contributed by atoms with Crippen LogP contribution in [0.4, 0.5) is 0 Å². The van der Waals surface area contributed by atoms with E-state index in [4.69, 9.17) is 0 Å². The van der Waals surface area contributed by atoms with Crippen LogP contribution in [0.15, 0.2) is 42.7 Å². The van der Waals surface area contributed by atoms with Crippen molar-refractivity contribution in [2.24, 2.45) is 5.92 Å². The van der Waals surface area contributed by atoms with Crippen LogP contribution in [0.3, 0.4) is 0 Å². The van der Waals surface area contributed by atoms with Gasteiger partial charge in [-0.25, -0.2) is 0 Å². The molecule has 1 aromatic rings. The number of aliphatic hydroxyl groups is 1. The van der Waals surface area contributed by atoms with Gasteiger partial charge in [0.15, 0.2) is 0 Å². The summed E-state index contributed by atoms with van der Waals surface area (Å²) in [5, 5.41) is 12.1. The standard InChI is InChI=1S/C17H25N3O2/c1-14(2)16(12-21)18-17(22)11-20-9-8-19(13-20)10-15-6-4-3-5-7-15/h3-9,14,16,21H,10-13H2,1-2H3,(H,18,22)/t16-/m1/s1. The Morgan fingerprint density at radius 1 is 1.23 bits per heavy atom. The molecule has 5 nitrogen and oxygen atoms in total. The average molecular weight is 303 g/mol. The number of hydrogen-bond donors (Lipinski definition) is 2. The molecular formula is C17H25N3O2. The van der Waals surface area contributed by atoms with Crippen LogP contribution in [0.25, 0.3) is 0 Å². The first-order valence-electron chi connectivity index (χ1n) is 7.69. The lowest BCUT2D eigenvalue weighted by Gasteiger charge is -2.24. The second-order valence-corrected chi connectivity index (χ2v) is 6.02. The highest BCUT2D eigenvalue weighted by atomic mass is 16.3. The Kier molecular flexibility index (Phi) is 5.83. The SMILES string of the molecule is CC(C)[C@@H](CO)NC(=O)CN1C=CN(Cc2ccccc2)C1. The number of hydrogen-bond acceptors (Lipinski definition) is 4. The second kappa shape index (κ2) is 7.84. The molecule has 0 saturated heterocycles. The van der Waals surface area contributed by atoms with Gasteiger partial charge < -0.3 is 20.2 Å². The first-order valence-corrected chi connectivity index (χ1v) is 7.69. The van der Waals surface area contributed by atoms with Gasteiger partial charge in [-0.3, -0.25) is 4.79 Å². The number of rotatable bonds is 7. The molecule has 0 bridgehead atoms. The van der Waals surface area contributed by atoms with E-state index < -0.39 is 0 Å². The first-order chi connectivity index (χ1) is 10.6. The van der Waals surface area contributed by atoms with Gasteiger partial charge in [-0.05, 0) is 11.5 Å². The molecule has 0 fully saturated rings. The second-order valence-electron chi connectivity index (χ2n) is 6.02. The lowest BCUT2D eigenvalue weighted by molar-refractivity contribution is -0.123. The van der Waals surface area contributed by atoms with E-state index in [-0.39, 0.29) is 24.5 Å². The van der Waals surface area contributed by atoms with Crippen molar-refractivity contribution in [1.82, 2.24) is 15.1 Å². The van der Waals surface area contributed by atoms with Crippen LogP contribution in [-0.2, 0) is 11.3 Å². The zero-order chi connectivity index (χ0) is 15.9. The third-order valence-corrected chi connectivity index (χ3v) is 3.77. The summed E-state index contributed by atoms with van der Waals surface area (Å²) in [5.74, 6) is 0.164. The summed E-state index contributed by atoms with van der Waals surface area (Å²) in [6.45, 7) is 5.79. The van der Waals surface area contributed by atoms with Gasteiger partial charge in [-0.1, -0.05) is 44.2 Å². The molecule has 0 radical (unpaired) electrons. The molecule has 0 saturated carbocycles. The zero-order valence-corrected chi connectivity index (χ0v) is 13.3. The van der Waals surface area contributed by atoms with Crippen molar-refractivity contribution in [3.05, 3.63) is 48.3 Å². The molecule has 2 N–H and O–H groups in total. The zero-order valence-electron chi connectivity index (χ0n) is 13.3. The number of nitrogens with one attached hydrogen (secondary N) is 1. The Bertz CT molecular complexity index is 502. The minimum absolute atomic E-state index is 0.0284. The fourth-order valence-electron chi connectivity index (χ4n) is 2.40. The van der Waals surface area contributed by atoms with Crippen LogP contribution in [0.1, 0.15) is 19.4 Å². The van der Waals surface area contributed by atoms with E-state index in [1.807, 2.05) is 49.3 Å². The summed E-state index contributed by atoms with van der Waals surface area (Å²) < 4.78 is 0. The molecular weight excluding hydrogens is 278 g/mol. The number of benzene rings is 1. The Labute approximate surface area is 132 Å². The fraction of sp³-hybridized carbons (Fsp3) is 0.471. The monoisotopic (exact) mass is 303 g/mol. The summed E-state index contributed by atoms with van der Waals surface area (Å²) in [6, 6.07) is 10.1. The number of carbonyl (C=O) groups excluding carboxylic acids is 1. The quantitative estimate of drug-likeness (QED) is 0.799. The average Bonchev–Trinajstić information content (AvgIpc) is 2.92. The molecule has 1 aliphatic rings. The Morgan fingerprint density at radius 3 is 2.55 bits per heavy atom. The molecule has 1 heterocycles. The van der Waals surface area contributed by atoms with Crippen LogP contribution in [0.2, 0.25) is 0 Å². The molecule has 2 rings (SSSR count). The van der Waals surface area contributed by atoms with Crippen LogP contribution in [0, 0.1) is 5.92 Å². The van der Waals surface area contributed by atoms with E-state index in [2.05, 4.69) is 22.3 Å². The van der Waals surface area contributed by atoms with Gasteiger partial charge in [0.2, 0.25) is 5.91 Å². The normalized spacial score (nSPS) is 15.5. The molecule has 1 aromatic carbocycles. The van der Waals surface area contributed by atoms with E-state index in [9.17, 15) is 9.90 Å². The number of nitrogens with zero attached hydrogens (tertiary/aromatic N) is 2. The molecule has 0 spiro atoms. The highest BCUT2D eigenvalue weighted by Crippen LogP contribution is 2.11. The van der Waals surface area contributed by atoms with Gasteiger partial charge in [0.05, 0.1) is 25.9 Å². The van der Waals surface area contributed by atoms with E-state index in [0.717, 1.165) is 6.54 Å². The predicted molar refractivity (Wildman–Crippen MR) is 86.6 cm³/mol. The molecule has 5 heteroatoms. The molecule has 0 aliphatic carbocycles. The molecule has 1 atom stereocenters. The topological polar surface area (TPSA) is 55.8 Å². The first kappa shape index (κ1) is 16.4. The highest BCUT2D eigenvalue weighted by molar-refractivity contribution is 5.78. The lowest BCUT2D eigenvalue weighted by atomic mass is 10.1.